The third-order valence-electron chi connectivity index (χ3n) is 7.71. The van der Waals surface area contributed by atoms with Crippen molar-refractivity contribution in [3.05, 3.63) is 12.1 Å². The number of nitrogens with zero attached hydrogens (tertiary/aromatic N) is 4. The number of hydrogen-bond donors (Lipinski definition) is 2. The fourth-order valence-corrected chi connectivity index (χ4v) is 5.62. The lowest BCUT2D eigenvalue weighted by molar-refractivity contribution is -0.135. The Kier molecular flexibility index (Phi) is 9.10. The number of amides is 2. The molecule has 3 atom stereocenters. The Bertz CT molecular complexity index is 899. The highest BCUT2D eigenvalue weighted by atomic mass is 16.6. The molecule has 0 aromatic carbocycles. The average molecular weight is 517 g/mol. The second kappa shape index (κ2) is 12.3. The quantitative estimate of drug-likeness (QED) is 0.543. The number of aromatic nitrogens is 2. The van der Waals surface area contributed by atoms with E-state index in [1.165, 1.54) is 12.8 Å². The van der Waals surface area contributed by atoms with Gasteiger partial charge in [-0.3, -0.25) is 4.79 Å². The van der Waals surface area contributed by atoms with Gasteiger partial charge in [0, 0.05) is 32.1 Å². The molecule has 4 heterocycles. The van der Waals surface area contributed by atoms with Crippen LogP contribution in [0.3, 0.4) is 0 Å². The van der Waals surface area contributed by atoms with Crippen LogP contribution in [0.4, 0.5) is 10.6 Å². The minimum Gasteiger partial charge on any atom is -0.477 e. The number of rotatable bonds is 8. The molecule has 4 rings (SSSR count). The Labute approximate surface area is 220 Å². The smallest absolute Gasteiger partial charge is 0.408 e. The zero-order chi connectivity index (χ0) is 26.4. The summed E-state index contributed by atoms with van der Waals surface area (Å²) in [5, 5.41) is 15.1. The third kappa shape index (κ3) is 7.69. The predicted octanol–water partition coefficient (Wildman–Crippen LogP) is 2.98. The molecule has 0 spiro atoms. The molecular weight excluding hydrogens is 472 g/mol. The van der Waals surface area contributed by atoms with Gasteiger partial charge in [0.2, 0.25) is 11.8 Å². The van der Waals surface area contributed by atoms with Gasteiger partial charge in [0.1, 0.15) is 5.60 Å². The van der Waals surface area contributed by atoms with Crippen LogP contribution in [0.15, 0.2) is 12.1 Å². The van der Waals surface area contributed by atoms with E-state index in [1.807, 2.05) is 37.8 Å². The van der Waals surface area contributed by atoms with Crippen molar-refractivity contribution in [2.75, 3.05) is 44.2 Å². The van der Waals surface area contributed by atoms with Gasteiger partial charge in [-0.15, -0.1) is 10.2 Å². The minimum absolute atomic E-state index is 0.141. The van der Waals surface area contributed by atoms with Gasteiger partial charge in [-0.05, 0) is 83.9 Å². The zero-order valence-corrected chi connectivity index (χ0v) is 22.9. The lowest BCUT2D eigenvalue weighted by Gasteiger charge is -2.35. The van der Waals surface area contributed by atoms with Gasteiger partial charge in [-0.2, -0.15) is 0 Å². The Hall–Kier alpha value is -2.62. The monoisotopic (exact) mass is 516 g/mol. The summed E-state index contributed by atoms with van der Waals surface area (Å²) in [6.07, 6.45) is 5.45. The van der Waals surface area contributed by atoms with Crippen LogP contribution in [-0.4, -0.2) is 84.1 Å². The first-order valence-corrected chi connectivity index (χ1v) is 13.9. The number of ether oxygens (including phenoxy) is 2. The molecule has 0 unspecified atom stereocenters. The largest absolute Gasteiger partial charge is 0.477 e. The Morgan fingerprint density at radius 2 is 1.97 bits per heavy atom. The van der Waals surface area contributed by atoms with Gasteiger partial charge in [0.05, 0.1) is 18.7 Å². The molecule has 0 bridgehead atoms. The van der Waals surface area contributed by atoms with Crippen LogP contribution in [0.5, 0.6) is 5.88 Å². The van der Waals surface area contributed by atoms with Gasteiger partial charge < -0.3 is 29.9 Å². The summed E-state index contributed by atoms with van der Waals surface area (Å²) in [5.74, 6) is 2.76. The van der Waals surface area contributed by atoms with E-state index in [9.17, 15) is 9.59 Å². The van der Waals surface area contributed by atoms with E-state index >= 15 is 0 Å². The molecule has 0 radical (unpaired) electrons. The maximum absolute atomic E-state index is 12.7. The summed E-state index contributed by atoms with van der Waals surface area (Å²) >= 11 is 0. The van der Waals surface area contributed by atoms with Crippen molar-refractivity contribution in [1.29, 1.82) is 0 Å². The summed E-state index contributed by atoms with van der Waals surface area (Å²) in [7, 11) is 0. The van der Waals surface area contributed by atoms with Crippen LogP contribution in [0.2, 0.25) is 0 Å². The lowest BCUT2D eigenvalue weighted by Crippen LogP contribution is -2.54. The van der Waals surface area contributed by atoms with Crippen molar-refractivity contribution in [1.82, 2.24) is 25.7 Å². The molecule has 0 saturated carbocycles. The van der Waals surface area contributed by atoms with Gasteiger partial charge in [-0.1, -0.05) is 6.92 Å². The number of carbonyl (C=O) groups excluding carboxylic acids is 2. The Balaban J connectivity index is 1.35. The van der Waals surface area contributed by atoms with Gasteiger partial charge >= 0.3 is 6.09 Å². The molecule has 3 fully saturated rings. The number of nitrogens with one attached hydrogen (secondary N) is 2. The van der Waals surface area contributed by atoms with Crippen LogP contribution < -0.4 is 20.3 Å². The van der Waals surface area contributed by atoms with Crippen LogP contribution in [0, 0.1) is 11.8 Å². The number of anilines is 1. The molecule has 0 aliphatic carbocycles. The molecule has 37 heavy (non-hydrogen) atoms. The summed E-state index contributed by atoms with van der Waals surface area (Å²) in [4.78, 5) is 29.2. The first kappa shape index (κ1) is 27.4. The molecular formula is C27H44N6O4. The van der Waals surface area contributed by atoms with Gasteiger partial charge in [-0.25, -0.2) is 4.79 Å². The Morgan fingerprint density at radius 3 is 2.65 bits per heavy atom. The summed E-state index contributed by atoms with van der Waals surface area (Å²) in [6, 6.07) is 3.36. The molecule has 206 valence electrons. The van der Waals surface area contributed by atoms with Gasteiger partial charge in [0.15, 0.2) is 5.82 Å². The van der Waals surface area contributed by atoms with Crippen LogP contribution in [0.25, 0.3) is 0 Å². The number of hydrogen-bond acceptors (Lipinski definition) is 8. The van der Waals surface area contributed by atoms with Crippen molar-refractivity contribution in [3.63, 3.8) is 0 Å². The van der Waals surface area contributed by atoms with Crippen molar-refractivity contribution in [2.45, 2.75) is 83.9 Å². The van der Waals surface area contributed by atoms with E-state index in [1.54, 1.807) is 0 Å². The molecule has 3 aliphatic heterocycles. The molecule has 1 aromatic rings. The van der Waals surface area contributed by atoms with E-state index in [4.69, 9.17) is 9.47 Å². The fraction of sp³-hybridized carbons (Fsp3) is 0.778. The third-order valence-corrected chi connectivity index (χ3v) is 7.71. The lowest BCUT2D eigenvalue weighted by atomic mass is 9.84. The van der Waals surface area contributed by atoms with E-state index in [0.717, 1.165) is 38.3 Å². The molecule has 1 aromatic heterocycles. The highest BCUT2D eigenvalue weighted by Crippen LogP contribution is 2.27. The normalized spacial score (nSPS) is 24.2. The second-order valence-electron chi connectivity index (χ2n) is 11.7. The van der Waals surface area contributed by atoms with Crippen molar-refractivity contribution in [3.8, 4) is 5.88 Å². The molecule has 3 aliphatic rings. The number of likely N-dealkylation sites (tertiary alicyclic amines) is 1. The molecule has 2 amide bonds. The standard InChI is InChI=1S/C27H44N6O4/c1-19(20-10-13-28-14-11-20)12-16-36-24-9-8-23(30-31-24)32-17-21(29-26(35)37-27(2,3)4)22(18-32)33-15-6-5-7-25(33)34/h8-9,19-22,28H,5-7,10-18H2,1-4H3,(H,29,35)/t19-,21+,22+/m1/s1. The second-order valence-corrected chi connectivity index (χ2v) is 11.7. The first-order chi connectivity index (χ1) is 17.7. The predicted molar refractivity (Wildman–Crippen MR) is 142 cm³/mol. The van der Waals surface area contributed by atoms with Crippen LogP contribution in [-0.2, 0) is 9.53 Å². The molecule has 10 heteroatoms. The van der Waals surface area contributed by atoms with Crippen LogP contribution in [0.1, 0.15) is 66.2 Å². The van der Waals surface area contributed by atoms with Crippen molar-refractivity contribution < 1.29 is 19.1 Å². The van der Waals surface area contributed by atoms with Gasteiger partial charge in [0.25, 0.3) is 0 Å². The average Bonchev–Trinajstić information content (AvgIpc) is 3.27. The van der Waals surface area contributed by atoms with E-state index in [0.29, 0.717) is 50.3 Å². The van der Waals surface area contributed by atoms with E-state index in [-0.39, 0.29) is 18.0 Å². The molecule has 3 saturated heterocycles. The van der Waals surface area contributed by atoms with E-state index < -0.39 is 11.7 Å². The first-order valence-electron chi connectivity index (χ1n) is 13.9. The van der Waals surface area contributed by atoms with Crippen LogP contribution >= 0.6 is 0 Å². The SMILES string of the molecule is C[C@H](CCOc1ccc(N2C[C@H](NC(=O)OC(C)(C)C)[C@@H](N3CCCCC3=O)C2)nn1)C1CCNCC1. The topological polar surface area (TPSA) is 109 Å². The molecule has 10 nitrogen and oxygen atoms in total. The number of alkyl carbamates (subject to hydrolysis) is 1. The zero-order valence-electron chi connectivity index (χ0n) is 22.9. The highest BCUT2D eigenvalue weighted by Gasteiger charge is 2.41. The minimum atomic E-state index is -0.592. The van der Waals surface area contributed by atoms with Crippen molar-refractivity contribution in [2.24, 2.45) is 11.8 Å². The summed E-state index contributed by atoms with van der Waals surface area (Å²) in [5.41, 5.74) is -0.592. The molecule has 2 N–H and O–H groups in total. The fourth-order valence-electron chi connectivity index (χ4n) is 5.62. The number of piperidine rings is 2. The van der Waals surface area contributed by atoms with Crippen molar-refractivity contribution >= 4 is 17.8 Å². The summed E-state index contributed by atoms with van der Waals surface area (Å²) < 4.78 is 11.4. The number of carbonyl (C=O) groups is 2. The van der Waals surface area contributed by atoms with E-state index in [2.05, 4.69) is 32.7 Å². The maximum Gasteiger partial charge on any atom is 0.408 e. The highest BCUT2D eigenvalue weighted by molar-refractivity contribution is 5.78. The maximum atomic E-state index is 12.7. The Morgan fingerprint density at radius 1 is 1.19 bits per heavy atom. The summed E-state index contributed by atoms with van der Waals surface area (Å²) in [6.45, 7) is 12.5.